The summed E-state index contributed by atoms with van der Waals surface area (Å²) in [6.45, 7) is 8.64. The van der Waals surface area contributed by atoms with Gasteiger partial charge in [0.2, 0.25) is 5.13 Å². The highest BCUT2D eigenvalue weighted by atomic mass is 32.1. The molecule has 3 aromatic rings. The highest BCUT2D eigenvalue weighted by Gasteiger charge is 2.13. The first-order valence-electron chi connectivity index (χ1n) is 8.88. The molecule has 0 saturated heterocycles. The molecule has 2 aromatic carbocycles. The Bertz CT molecular complexity index is 919. The number of ether oxygens (including phenoxy) is 1. The lowest BCUT2D eigenvalue weighted by molar-refractivity contribution is 0.415. The molecule has 0 aliphatic heterocycles. The summed E-state index contributed by atoms with van der Waals surface area (Å²) in [6.07, 6.45) is 0. The summed E-state index contributed by atoms with van der Waals surface area (Å²) in [4.78, 5) is 4.61. The van der Waals surface area contributed by atoms with E-state index in [0.29, 0.717) is 0 Å². The lowest BCUT2D eigenvalue weighted by atomic mass is 9.86. The van der Waals surface area contributed by atoms with Gasteiger partial charge in [-0.3, -0.25) is 5.43 Å². The summed E-state index contributed by atoms with van der Waals surface area (Å²) in [7, 11) is 1.66. The number of thiazole rings is 1. The molecule has 0 aliphatic rings. The standard InChI is InChI=1S/C22H25N3OS/c1-15(16-6-10-18(11-7-16)22(2,3)4)24-25-21-23-20(14-27-21)17-8-12-19(26-5)13-9-17/h6-14H,1-5H3,(H,23,25)/b24-15+. The number of hydrogen-bond acceptors (Lipinski definition) is 5. The van der Waals surface area contributed by atoms with Gasteiger partial charge in [-0.05, 0) is 47.7 Å². The quantitative estimate of drug-likeness (QED) is 0.440. The SMILES string of the molecule is COc1ccc(-c2csc(N/N=C(\C)c3ccc(C(C)(C)C)cc3)n2)cc1. The molecule has 5 heteroatoms. The first kappa shape index (κ1) is 19.1. The molecule has 0 fully saturated rings. The average molecular weight is 380 g/mol. The summed E-state index contributed by atoms with van der Waals surface area (Å²) in [5.74, 6) is 0.838. The summed E-state index contributed by atoms with van der Waals surface area (Å²) in [6, 6.07) is 16.4. The van der Waals surface area contributed by atoms with Crippen LogP contribution in [0, 0.1) is 0 Å². The Morgan fingerprint density at radius 3 is 2.30 bits per heavy atom. The second kappa shape index (κ2) is 7.92. The zero-order chi connectivity index (χ0) is 19.4. The maximum Gasteiger partial charge on any atom is 0.203 e. The first-order chi connectivity index (χ1) is 12.9. The number of rotatable bonds is 5. The third-order valence-electron chi connectivity index (χ3n) is 4.38. The molecule has 0 radical (unpaired) electrons. The fraction of sp³-hybridized carbons (Fsp3) is 0.273. The van der Waals surface area contributed by atoms with E-state index in [1.165, 1.54) is 16.9 Å². The van der Waals surface area contributed by atoms with Gasteiger partial charge in [0.15, 0.2) is 0 Å². The van der Waals surface area contributed by atoms with E-state index < -0.39 is 0 Å². The van der Waals surface area contributed by atoms with Gasteiger partial charge in [0.05, 0.1) is 18.5 Å². The predicted molar refractivity (Wildman–Crippen MR) is 115 cm³/mol. The number of hydrazone groups is 1. The summed E-state index contributed by atoms with van der Waals surface area (Å²) in [5, 5.41) is 7.28. The van der Waals surface area contributed by atoms with E-state index in [1.54, 1.807) is 7.11 Å². The van der Waals surface area contributed by atoms with Crippen LogP contribution in [0.3, 0.4) is 0 Å². The van der Waals surface area contributed by atoms with Crippen molar-refractivity contribution in [3.05, 3.63) is 65.0 Å². The van der Waals surface area contributed by atoms with E-state index in [9.17, 15) is 0 Å². The number of nitrogens with one attached hydrogen (secondary N) is 1. The molecule has 27 heavy (non-hydrogen) atoms. The average Bonchev–Trinajstić information content (AvgIpc) is 3.14. The van der Waals surface area contributed by atoms with Crippen LogP contribution in [0.1, 0.15) is 38.8 Å². The Kier molecular flexibility index (Phi) is 5.61. The van der Waals surface area contributed by atoms with Crippen LogP contribution in [0.2, 0.25) is 0 Å². The predicted octanol–water partition coefficient (Wildman–Crippen LogP) is 5.95. The molecule has 4 nitrogen and oxygen atoms in total. The van der Waals surface area contributed by atoms with Gasteiger partial charge in [-0.1, -0.05) is 45.0 Å². The molecule has 3 rings (SSSR count). The third-order valence-corrected chi connectivity index (χ3v) is 5.12. The van der Waals surface area contributed by atoms with Crippen LogP contribution in [0.5, 0.6) is 5.75 Å². The van der Waals surface area contributed by atoms with Gasteiger partial charge in [-0.25, -0.2) is 4.98 Å². The van der Waals surface area contributed by atoms with Crippen LogP contribution >= 0.6 is 11.3 Å². The number of hydrogen-bond donors (Lipinski definition) is 1. The monoisotopic (exact) mass is 379 g/mol. The van der Waals surface area contributed by atoms with Crippen molar-refractivity contribution in [3.63, 3.8) is 0 Å². The van der Waals surface area contributed by atoms with Gasteiger partial charge < -0.3 is 4.74 Å². The van der Waals surface area contributed by atoms with Gasteiger partial charge in [0, 0.05) is 10.9 Å². The third kappa shape index (κ3) is 4.74. The van der Waals surface area contributed by atoms with E-state index in [2.05, 4.69) is 60.5 Å². The molecular formula is C22H25N3OS. The minimum Gasteiger partial charge on any atom is -0.497 e. The van der Waals surface area contributed by atoms with Crippen LogP contribution in [-0.4, -0.2) is 17.8 Å². The van der Waals surface area contributed by atoms with Gasteiger partial charge >= 0.3 is 0 Å². The number of anilines is 1. The second-order valence-electron chi connectivity index (χ2n) is 7.40. The fourth-order valence-corrected chi connectivity index (χ4v) is 3.29. The van der Waals surface area contributed by atoms with Crippen molar-refractivity contribution in [2.75, 3.05) is 12.5 Å². The second-order valence-corrected chi connectivity index (χ2v) is 8.26. The molecule has 0 atom stereocenters. The Morgan fingerprint density at radius 2 is 1.70 bits per heavy atom. The molecule has 0 saturated carbocycles. The van der Waals surface area contributed by atoms with E-state index in [1.807, 2.05) is 36.6 Å². The minimum atomic E-state index is 0.153. The summed E-state index contributed by atoms with van der Waals surface area (Å²) >= 11 is 1.54. The Balaban J connectivity index is 1.69. The lowest BCUT2D eigenvalue weighted by Crippen LogP contribution is -2.11. The molecule has 0 spiro atoms. The van der Waals surface area contributed by atoms with Gasteiger partial charge in [-0.15, -0.1) is 11.3 Å². The number of benzene rings is 2. The van der Waals surface area contributed by atoms with Gasteiger partial charge in [0.25, 0.3) is 0 Å². The van der Waals surface area contributed by atoms with Crippen molar-refractivity contribution in [1.29, 1.82) is 0 Å². The van der Waals surface area contributed by atoms with E-state index in [-0.39, 0.29) is 5.41 Å². The highest BCUT2D eigenvalue weighted by Crippen LogP contribution is 2.26. The Morgan fingerprint density at radius 1 is 1.04 bits per heavy atom. The normalized spacial score (nSPS) is 12.1. The van der Waals surface area contributed by atoms with Crippen LogP contribution in [0.15, 0.2) is 59.0 Å². The van der Waals surface area contributed by atoms with Gasteiger partial charge in [0.1, 0.15) is 5.75 Å². The van der Waals surface area contributed by atoms with E-state index in [4.69, 9.17) is 4.74 Å². The fourth-order valence-electron chi connectivity index (χ4n) is 2.63. The van der Waals surface area contributed by atoms with Gasteiger partial charge in [-0.2, -0.15) is 5.10 Å². The largest absolute Gasteiger partial charge is 0.497 e. The Hall–Kier alpha value is -2.66. The van der Waals surface area contributed by atoms with Crippen molar-refractivity contribution >= 4 is 22.2 Å². The van der Waals surface area contributed by atoms with Crippen molar-refractivity contribution < 1.29 is 4.74 Å². The van der Waals surface area contributed by atoms with Crippen molar-refractivity contribution in [2.24, 2.45) is 5.10 Å². The van der Waals surface area contributed by atoms with Crippen molar-refractivity contribution in [1.82, 2.24) is 4.98 Å². The van der Waals surface area contributed by atoms with E-state index in [0.717, 1.165) is 33.4 Å². The van der Waals surface area contributed by atoms with Crippen LogP contribution in [0.25, 0.3) is 11.3 Å². The molecular weight excluding hydrogens is 354 g/mol. The zero-order valence-electron chi connectivity index (χ0n) is 16.4. The maximum atomic E-state index is 5.20. The smallest absolute Gasteiger partial charge is 0.203 e. The highest BCUT2D eigenvalue weighted by molar-refractivity contribution is 7.14. The molecule has 0 unspecified atom stereocenters. The summed E-state index contributed by atoms with van der Waals surface area (Å²) < 4.78 is 5.20. The van der Waals surface area contributed by atoms with Crippen LogP contribution in [-0.2, 0) is 5.41 Å². The number of methoxy groups -OCH3 is 1. The van der Waals surface area contributed by atoms with Crippen LogP contribution < -0.4 is 10.2 Å². The molecule has 140 valence electrons. The van der Waals surface area contributed by atoms with Crippen molar-refractivity contribution in [3.8, 4) is 17.0 Å². The van der Waals surface area contributed by atoms with Crippen LogP contribution in [0.4, 0.5) is 5.13 Å². The number of aromatic nitrogens is 1. The molecule has 0 amide bonds. The maximum absolute atomic E-state index is 5.20. The molecule has 0 aliphatic carbocycles. The molecule has 1 N–H and O–H groups in total. The molecule has 1 aromatic heterocycles. The summed E-state index contributed by atoms with van der Waals surface area (Å²) in [5.41, 5.74) is 8.55. The molecule has 1 heterocycles. The first-order valence-corrected chi connectivity index (χ1v) is 9.76. The topological polar surface area (TPSA) is 46.5 Å². The Labute approximate surface area is 164 Å². The zero-order valence-corrected chi connectivity index (χ0v) is 17.2. The number of nitrogens with zero attached hydrogens (tertiary/aromatic N) is 2. The van der Waals surface area contributed by atoms with E-state index >= 15 is 0 Å². The minimum absolute atomic E-state index is 0.153. The lowest BCUT2D eigenvalue weighted by Gasteiger charge is -2.19. The van der Waals surface area contributed by atoms with Crippen molar-refractivity contribution in [2.45, 2.75) is 33.1 Å². The molecule has 0 bridgehead atoms.